The summed E-state index contributed by atoms with van der Waals surface area (Å²) < 4.78 is 0. The summed E-state index contributed by atoms with van der Waals surface area (Å²) in [6, 6.07) is 6.88. The molecule has 0 radical (unpaired) electrons. The predicted molar refractivity (Wildman–Crippen MR) is 65.6 cm³/mol. The topological polar surface area (TPSA) is 20.2 Å². The minimum Gasteiger partial charge on any atom is -0.395 e. The number of hydrogen-bond acceptors (Lipinski definition) is 1. The van der Waals surface area contributed by atoms with Gasteiger partial charge < -0.3 is 5.11 Å². The Bertz CT molecular complexity index is 433. The molecule has 1 atom stereocenters. The van der Waals surface area contributed by atoms with Gasteiger partial charge in [0.1, 0.15) is 0 Å². The van der Waals surface area contributed by atoms with Crippen molar-refractivity contribution < 1.29 is 5.11 Å². The summed E-state index contributed by atoms with van der Waals surface area (Å²) in [4.78, 5) is 0. The van der Waals surface area contributed by atoms with Crippen LogP contribution >= 0.6 is 0 Å². The van der Waals surface area contributed by atoms with Gasteiger partial charge >= 0.3 is 0 Å². The molecular formula is C15H20O. The van der Waals surface area contributed by atoms with E-state index < -0.39 is 0 Å². The van der Waals surface area contributed by atoms with E-state index in [4.69, 9.17) is 0 Å². The first kappa shape index (κ1) is 10.3. The van der Waals surface area contributed by atoms with Crippen LogP contribution in [0.5, 0.6) is 0 Å². The molecule has 0 aliphatic heterocycles. The van der Waals surface area contributed by atoms with Gasteiger partial charge in [0, 0.05) is 5.41 Å². The highest BCUT2D eigenvalue weighted by atomic mass is 16.3. The molecule has 1 N–H and O–H groups in total. The summed E-state index contributed by atoms with van der Waals surface area (Å²) in [6.07, 6.45) is 4.89. The Morgan fingerprint density at radius 2 is 1.88 bits per heavy atom. The van der Waals surface area contributed by atoms with Crippen LogP contribution in [0, 0.1) is 5.41 Å². The molecule has 0 heterocycles. The summed E-state index contributed by atoms with van der Waals surface area (Å²) in [5.74, 6) is 0. The molecule has 2 aliphatic carbocycles. The minimum absolute atomic E-state index is 0.0463. The van der Waals surface area contributed by atoms with E-state index in [9.17, 15) is 5.11 Å². The van der Waals surface area contributed by atoms with E-state index in [2.05, 4.69) is 32.0 Å². The maximum atomic E-state index is 9.69. The Kier molecular flexibility index (Phi) is 2.00. The number of aliphatic hydroxyl groups excluding tert-OH is 1. The van der Waals surface area contributed by atoms with E-state index in [1.54, 1.807) is 0 Å². The van der Waals surface area contributed by atoms with Crippen molar-refractivity contribution in [3.05, 3.63) is 34.9 Å². The van der Waals surface area contributed by atoms with Crippen molar-refractivity contribution in [2.24, 2.45) is 5.41 Å². The van der Waals surface area contributed by atoms with Gasteiger partial charge in [-0.05, 0) is 47.8 Å². The predicted octanol–water partition coefficient (Wildman–Crippen LogP) is 2.84. The highest BCUT2D eigenvalue weighted by molar-refractivity contribution is 5.43. The fraction of sp³-hybridized carbons (Fsp3) is 0.600. The van der Waals surface area contributed by atoms with Crippen LogP contribution in [0.15, 0.2) is 18.2 Å². The lowest BCUT2D eigenvalue weighted by atomic mass is 9.87. The number of benzene rings is 1. The van der Waals surface area contributed by atoms with E-state index in [1.165, 1.54) is 36.0 Å². The molecule has 0 spiro atoms. The highest BCUT2D eigenvalue weighted by Gasteiger charge is 2.61. The largest absolute Gasteiger partial charge is 0.395 e. The molecule has 0 bridgehead atoms. The second-order valence-corrected chi connectivity index (χ2v) is 6.14. The standard InChI is InChI=1S/C15H20O/c1-14(2)9-15(14,10-16)13-7-6-11-4-3-5-12(11)8-13/h6-8,16H,3-5,9-10H2,1-2H3. The summed E-state index contributed by atoms with van der Waals surface area (Å²) in [5.41, 5.74) is 4.73. The van der Waals surface area contributed by atoms with E-state index in [1.807, 2.05) is 0 Å². The average Bonchev–Trinajstić information content (AvgIpc) is 2.63. The van der Waals surface area contributed by atoms with Gasteiger partial charge in [-0.25, -0.2) is 0 Å². The average molecular weight is 216 g/mol. The van der Waals surface area contributed by atoms with E-state index in [-0.39, 0.29) is 10.8 Å². The fourth-order valence-electron chi connectivity index (χ4n) is 3.43. The molecule has 1 fully saturated rings. The number of aryl methyl sites for hydroxylation is 2. The molecule has 0 saturated heterocycles. The van der Waals surface area contributed by atoms with Gasteiger partial charge in [0.05, 0.1) is 6.61 Å². The summed E-state index contributed by atoms with van der Waals surface area (Å²) in [7, 11) is 0. The number of fused-ring (bicyclic) bond motifs is 1. The molecule has 1 aromatic carbocycles. The number of hydrogen-bond donors (Lipinski definition) is 1. The molecule has 2 aliphatic rings. The Morgan fingerprint density at radius 3 is 2.50 bits per heavy atom. The third-order valence-electron chi connectivity index (χ3n) is 4.84. The Morgan fingerprint density at radius 1 is 1.19 bits per heavy atom. The molecule has 1 saturated carbocycles. The normalized spacial score (nSPS) is 30.2. The van der Waals surface area contributed by atoms with Crippen molar-refractivity contribution in [1.29, 1.82) is 0 Å². The van der Waals surface area contributed by atoms with Crippen LogP contribution in [-0.2, 0) is 18.3 Å². The van der Waals surface area contributed by atoms with E-state index >= 15 is 0 Å². The number of rotatable bonds is 2. The minimum atomic E-state index is 0.0463. The lowest BCUT2D eigenvalue weighted by Gasteiger charge is -2.19. The third kappa shape index (κ3) is 1.21. The van der Waals surface area contributed by atoms with Crippen LogP contribution in [0.2, 0.25) is 0 Å². The quantitative estimate of drug-likeness (QED) is 0.806. The van der Waals surface area contributed by atoms with Gasteiger partial charge in [0.15, 0.2) is 0 Å². The molecule has 3 rings (SSSR count). The Balaban J connectivity index is 2.02. The van der Waals surface area contributed by atoms with Crippen molar-refractivity contribution in [2.45, 2.75) is 44.9 Å². The zero-order valence-electron chi connectivity index (χ0n) is 10.2. The van der Waals surface area contributed by atoms with Gasteiger partial charge in [0.2, 0.25) is 0 Å². The van der Waals surface area contributed by atoms with Crippen LogP contribution in [-0.4, -0.2) is 11.7 Å². The first-order chi connectivity index (χ1) is 7.59. The maximum Gasteiger partial charge on any atom is 0.0533 e. The zero-order valence-corrected chi connectivity index (χ0v) is 10.2. The molecule has 0 aromatic heterocycles. The SMILES string of the molecule is CC1(C)CC1(CO)c1ccc2c(c1)CCC2. The van der Waals surface area contributed by atoms with Crippen LogP contribution < -0.4 is 0 Å². The fourth-order valence-corrected chi connectivity index (χ4v) is 3.43. The second kappa shape index (κ2) is 3.10. The monoisotopic (exact) mass is 216 g/mol. The van der Waals surface area contributed by atoms with Crippen LogP contribution in [0.4, 0.5) is 0 Å². The lowest BCUT2D eigenvalue weighted by molar-refractivity contribution is 0.231. The number of aliphatic hydroxyl groups is 1. The zero-order chi connectivity index (χ0) is 11.4. The molecule has 86 valence electrons. The Labute approximate surface area is 97.5 Å². The first-order valence-corrected chi connectivity index (χ1v) is 6.32. The van der Waals surface area contributed by atoms with Crippen molar-refractivity contribution in [2.75, 3.05) is 6.61 Å². The van der Waals surface area contributed by atoms with Crippen LogP contribution in [0.1, 0.15) is 43.4 Å². The molecule has 1 aromatic rings. The molecule has 0 amide bonds. The van der Waals surface area contributed by atoms with Crippen LogP contribution in [0.25, 0.3) is 0 Å². The third-order valence-corrected chi connectivity index (χ3v) is 4.84. The summed E-state index contributed by atoms with van der Waals surface area (Å²) in [5, 5.41) is 9.69. The summed E-state index contributed by atoms with van der Waals surface area (Å²) in [6.45, 7) is 4.81. The van der Waals surface area contributed by atoms with Crippen molar-refractivity contribution >= 4 is 0 Å². The smallest absolute Gasteiger partial charge is 0.0533 e. The van der Waals surface area contributed by atoms with Crippen molar-refractivity contribution in [3.8, 4) is 0 Å². The van der Waals surface area contributed by atoms with Gasteiger partial charge in [-0.2, -0.15) is 0 Å². The molecule has 1 nitrogen and oxygen atoms in total. The van der Waals surface area contributed by atoms with Crippen molar-refractivity contribution in [1.82, 2.24) is 0 Å². The lowest BCUT2D eigenvalue weighted by Crippen LogP contribution is -2.19. The molecule has 1 heteroatoms. The second-order valence-electron chi connectivity index (χ2n) is 6.14. The Hall–Kier alpha value is -0.820. The van der Waals surface area contributed by atoms with E-state index in [0.717, 1.165) is 6.42 Å². The molecule has 16 heavy (non-hydrogen) atoms. The highest BCUT2D eigenvalue weighted by Crippen LogP contribution is 2.64. The van der Waals surface area contributed by atoms with Gasteiger partial charge in [0.25, 0.3) is 0 Å². The van der Waals surface area contributed by atoms with Crippen LogP contribution in [0.3, 0.4) is 0 Å². The maximum absolute atomic E-state index is 9.69. The van der Waals surface area contributed by atoms with Gasteiger partial charge in [-0.3, -0.25) is 0 Å². The molecular weight excluding hydrogens is 196 g/mol. The van der Waals surface area contributed by atoms with Crippen molar-refractivity contribution in [3.63, 3.8) is 0 Å². The first-order valence-electron chi connectivity index (χ1n) is 6.32. The summed E-state index contributed by atoms with van der Waals surface area (Å²) >= 11 is 0. The molecule has 1 unspecified atom stereocenters. The van der Waals surface area contributed by atoms with E-state index in [0.29, 0.717) is 6.61 Å². The van der Waals surface area contributed by atoms with Gasteiger partial charge in [-0.1, -0.05) is 32.0 Å². The van der Waals surface area contributed by atoms with Gasteiger partial charge in [-0.15, -0.1) is 0 Å².